The molecular weight excluding hydrogens is 234 g/mol. The lowest BCUT2D eigenvalue weighted by atomic mass is 10.4. The Hall–Kier alpha value is -0.880. The zero-order chi connectivity index (χ0) is 11.4. The summed E-state index contributed by atoms with van der Waals surface area (Å²) in [4.78, 5) is 11.8. The number of thioether (sulfide) groups is 1. The highest BCUT2D eigenvalue weighted by Crippen LogP contribution is 2.44. The highest BCUT2D eigenvalue weighted by atomic mass is 32.2. The average molecular weight is 247 g/mol. The molecule has 84 valence electrons. The zero-order valence-electron chi connectivity index (χ0n) is 8.83. The van der Waals surface area contributed by atoms with E-state index in [1.165, 1.54) is 18.4 Å². The van der Waals surface area contributed by atoms with Gasteiger partial charge in [0.15, 0.2) is 5.75 Å². The van der Waals surface area contributed by atoms with E-state index >= 15 is 0 Å². The molecule has 1 aromatic heterocycles. The van der Waals surface area contributed by atoms with E-state index in [4.69, 9.17) is 10.5 Å². The van der Waals surface area contributed by atoms with Gasteiger partial charge < -0.3 is 15.2 Å². The van der Waals surface area contributed by atoms with Gasteiger partial charge in [0.25, 0.3) is 0 Å². The Morgan fingerprint density at radius 3 is 2.67 bits per heavy atom. The maximum atomic E-state index is 11.4. The van der Waals surface area contributed by atoms with Crippen LogP contribution in [-0.2, 0) is 4.74 Å². The van der Waals surface area contributed by atoms with Crippen molar-refractivity contribution in [3.05, 3.63) is 4.88 Å². The molecule has 4 nitrogen and oxygen atoms in total. The molecule has 0 saturated heterocycles. The topological polar surface area (TPSA) is 61.5 Å². The minimum atomic E-state index is -0.418. The fourth-order valence-corrected chi connectivity index (χ4v) is 3.34. The molecule has 0 unspecified atom stereocenters. The van der Waals surface area contributed by atoms with Crippen LogP contribution in [-0.4, -0.2) is 25.9 Å². The smallest absolute Gasteiger partial charge is 0.350 e. The second-order valence-electron chi connectivity index (χ2n) is 2.59. The first-order valence-electron chi connectivity index (χ1n) is 4.33. The quantitative estimate of drug-likeness (QED) is 0.653. The van der Waals surface area contributed by atoms with E-state index in [1.807, 2.05) is 6.92 Å². The Labute approximate surface area is 96.7 Å². The third-order valence-corrected chi connectivity index (χ3v) is 4.02. The number of ether oxygens (including phenoxy) is 2. The van der Waals surface area contributed by atoms with Gasteiger partial charge in [-0.3, -0.25) is 0 Å². The maximum Gasteiger partial charge on any atom is 0.350 e. The summed E-state index contributed by atoms with van der Waals surface area (Å²) in [6, 6.07) is 0. The summed E-state index contributed by atoms with van der Waals surface area (Å²) in [5.41, 5.74) is 6.16. The van der Waals surface area contributed by atoms with Crippen LogP contribution in [0.3, 0.4) is 0 Å². The molecule has 15 heavy (non-hydrogen) atoms. The predicted molar refractivity (Wildman–Crippen MR) is 63.0 cm³/mol. The fourth-order valence-electron chi connectivity index (χ4n) is 1.07. The van der Waals surface area contributed by atoms with Crippen molar-refractivity contribution in [1.82, 2.24) is 0 Å². The molecule has 1 aromatic rings. The van der Waals surface area contributed by atoms with Gasteiger partial charge in [0.05, 0.1) is 14.2 Å². The minimum absolute atomic E-state index is 0.366. The van der Waals surface area contributed by atoms with Crippen molar-refractivity contribution >= 4 is 34.8 Å². The maximum absolute atomic E-state index is 11.4. The van der Waals surface area contributed by atoms with Gasteiger partial charge in [0, 0.05) is 0 Å². The highest BCUT2D eigenvalue weighted by molar-refractivity contribution is 8.01. The average Bonchev–Trinajstić information content (AvgIpc) is 2.55. The number of nitrogen functional groups attached to an aromatic ring is 1. The van der Waals surface area contributed by atoms with Crippen LogP contribution in [0.5, 0.6) is 5.75 Å². The van der Waals surface area contributed by atoms with Crippen molar-refractivity contribution in [3.63, 3.8) is 0 Å². The molecule has 0 radical (unpaired) electrons. The Morgan fingerprint density at radius 2 is 2.20 bits per heavy atom. The first-order valence-corrected chi connectivity index (χ1v) is 6.13. The standard InChI is InChI=1S/C9H13NO3S2/c1-4-14-9-6(12-2)5(10)7(15-9)8(11)13-3/h4,10H2,1-3H3. The summed E-state index contributed by atoms with van der Waals surface area (Å²) in [6.45, 7) is 2.03. The number of anilines is 1. The first kappa shape index (κ1) is 12.2. The SMILES string of the molecule is CCSc1sc(C(=O)OC)c(N)c1OC. The summed E-state index contributed by atoms with van der Waals surface area (Å²) >= 11 is 2.90. The van der Waals surface area contributed by atoms with E-state index < -0.39 is 5.97 Å². The number of carbonyl (C=O) groups is 1. The lowest BCUT2D eigenvalue weighted by Crippen LogP contribution is -2.02. The van der Waals surface area contributed by atoms with Gasteiger partial charge in [-0.2, -0.15) is 0 Å². The number of rotatable bonds is 4. The summed E-state index contributed by atoms with van der Waals surface area (Å²) < 4.78 is 10.7. The van der Waals surface area contributed by atoms with Crippen molar-refractivity contribution in [3.8, 4) is 5.75 Å². The highest BCUT2D eigenvalue weighted by Gasteiger charge is 2.22. The lowest BCUT2D eigenvalue weighted by Gasteiger charge is -2.01. The molecule has 0 aliphatic rings. The van der Waals surface area contributed by atoms with Gasteiger partial charge in [-0.1, -0.05) is 6.92 Å². The Balaban J connectivity index is 3.14. The van der Waals surface area contributed by atoms with Gasteiger partial charge in [0.2, 0.25) is 0 Å². The first-order chi connectivity index (χ1) is 7.15. The Kier molecular flexibility index (Phi) is 4.28. The van der Waals surface area contributed by atoms with E-state index in [0.717, 1.165) is 9.96 Å². The van der Waals surface area contributed by atoms with Crippen molar-refractivity contribution in [2.24, 2.45) is 0 Å². The van der Waals surface area contributed by atoms with Crippen LogP contribution >= 0.6 is 23.1 Å². The molecule has 6 heteroatoms. The van der Waals surface area contributed by atoms with Gasteiger partial charge >= 0.3 is 5.97 Å². The van der Waals surface area contributed by atoms with Crippen LogP contribution in [0.25, 0.3) is 0 Å². The van der Waals surface area contributed by atoms with Gasteiger partial charge in [-0.15, -0.1) is 23.1 Å². The van der Waals surface area contributed by atoms with Crippen molar-refractivity contribution < 1.29 is 14.3 Å². The molecule has 1 heterocycles. The number of nitrogens with two attached hydrogens (primary N) is 1. The van der Waals surface area contributed by atoms with Crippen LogP contribution in [0, 0.1) is 0 Å². The second-order valence-corrected chi connectivity index (χ2v) is 5.14. The Bertz CT molecular complexity index is 362. The van der Waals surface area contributed by atoms with E-state index in [9.17, 15) is 4.79 Å². The molecule has 0 saturated carbocycles. The zero-order valence-corrected chi connectivity index (χ0v) is 10.5. The van der Waals surface area contributed by atoms with Crippen molar-refractivity contribution in [2.45, 2.75) is 11.1 Å². The number of thiophene rings is 1. The number of esters is 1. The molecule has 1 rings (SSSR count). The molecule has 2 N–H and O–H groups in total. The van der Waals surface area contributed by atoms with Crippen LogP contribution in [0.4, 0.5) is 5.69 Å². The monoisotopic (exact) mass is 247 g/mol. The normalized spacial score (nSPS) is 10.1. The van der Waals surface area contributed by atoms with Gasteiger partial charge in [-0.05, 0) is 5.75 Å². The lowest BCUT2D eigenvalue weighted by molar-refractivity contribution is 0.0607. The molecule has 0 atom stereocenters. The van der Waals surface area contributed by atoms with E-state index in [2.05, 4.69) is 4.74 Å². The molecule has 0 aliphatic carbocycles. The summed E-state index contributed by atoms with van der Waals surface area (Å²) in [7, 11) is 2.87. The van der Waals surface area contributed by atoms with Crippen LogP contribution in [0.2, 0.25) is 0 Å². The third kappa shape index (κ3) is 2.38. The van der Waals surface area contributed by atoms with E-state index in [-0.39, 0.29) is 0 Å². The number of hydrogen-bond donors (Lipinski definition) is 1. The third-order valence-electron chi connectivity index (χ3n) is 1.72. The summed E-state index contributed by atoms with van der Waals surface area (Å²) in [5.74, 6) is 1.06. The molecule has 0 aliphatic heterocycles. The number of carbonyl (C=O) groups excluding carboxylic acids is 1. The summed E-state index contributed by atoms with van der Waals surface area (Å²) in [5, 5.41) is 0. The molecule has 0 amide bonds. The van der Waals surface area contributed by atoms with Crippen LogP contribution in [0.15, 0.2) is 4.21 Å². The van der Waals surface area contributed by atoms with Crippen molar-refractivity contribution in [1.29, 1.82) is 0 Å². The number of methoxy groups -OCH3 is 2. The minimum Gasteiger partial charge on any atom is -0.492 e. The van der Waals surface area contributed by atoms with E-state index in [1.54, 1.807) is 18.9 Å². The van der Waals surface area contributed by atoms with Crippen LogP contribution < -0.4 is 10.5 Å². The predicted octanol–water partition coefficient (Wildman–Crippen LogP) is 2.24. The molecular formula is C9H13NO3S2. The fraction of sp³-hybridized carbons (Fsp3) is 0.444. The number of hydrogen-bond acceptors (Lipinski definition) is 6. The van der Waals surface area contributed by atoms with E-state index in [0.29, 0.717) is 16.3 Å². The van der Waals surface area contributed by atoms with Gasteiger partial charge in [-0.25, -0.2) is 4.79 Å². The molecule has 0 bridgehead atoms. The largest absolute Gasteiger partial charge is 0.492 e. The molecule has 0 aromatic carbocycles. The van der Waals surface area contributed by atoms with Crippen molar-refractivity contribution in [2.75, 3.05) is 25.7 Å². The summed E-state index contributed by atoms with van der Waals surface area (Å²) in [6.07, 6.45) is 0. The molecule has 0 fully saturated rings. The second kappa shape index (κ2) is 5.27. The Morgan fingerprint density at radius 1 is 1.53 bits per heavy atom. The van der Waals surface area contributed by atoms with Gasteiger partial charge in [0.1, 0.15) is 14.8 Å². The molecule has 0 spiro atoms. The van der Waals surface area contributed by atoms with Crippen LogP contribution in [0.1, 0.15) is 16.6 Å².